The van der Waals surface area contributed by atoms with E-state index in [9.17, 15) is 0 Å². The highest BCUT2D eigenvalue weighted by Gasteiger charge is 1.52. The van der Waals surface area contributed by atoms with E-state index in [1.807, 2.05) is 32.9 Å². The van der Waals surface area contributed by atoms with Gasteiger partial charge in [0.15, 0.2) is 0 Å². The highest BCUT2D eigenvalue weighted by Crippen LogP contribution is 1.73. The Bertz CT molecular complexity index is 64.1. The molecule has 0 aromatic rings. The predicted molar refractivity (Wildman–Crippen MR) is 45.6 cm³/mol. The van der Waals surface area contributed by atoms with Crippen LogP contribution in [0.4, 0.5) is 0 Å². The largest absolute Gasteiger partial charge is 0.0919 e. The molecule has 0 saturated heterocycles. The molecular formula is C9H18. The van der Waals surface area contributed by atoms with Crippen molar-refractivity contribution in [2.45, 2.75) is 34.1 Å². The van der Waals surface area contributed by atoms with Gasteiger partial charge in [-0.05, 0) is 27.2 Å². The highest BCUT2D eigenvalue weighted by molar-refractivity contribution is 4.73. The second-order valence-electron chi connectivity index (χ2n) is 1.64. The molecule has 0 aliphatic rings. The first-order valence-electron chi connectivity index (χ1n) is 3.51. The minimum atomic E-state index is 1.16. The summed E-state index contributed by atoms with van der Waals surface area (Å²) in [6.07, 6.45) is 9.34. The zero-order valence-corrected chi connectivity index (χ0v) is 7.02. The monoisotopic (exact) mass is 126 g/mol. The molecule has 0 nitrogen and oxygen atoms in total. The van der Waals surface area contributed by atoms with Crippen LogP contribution in [0.3, 0.4) is 0 Å². The Labute approximate surface area is 59.3 Å². The zero-order valence-electron chi connectivity index (χ0n) is 7.02. The van der Waals surface area contributed by atoms with E-state index in [0.717, 1.165) is 6.42 Å². The first-order chi connectivity index (χ1) is 4.33. The molecule has 0 atom stereocenters. The van der Waals surface area contributed by atoms with Gasteiger partial charge in [0.25, 0.3) is 0 Å². The molecule has 0 aromatic heterocycles. The highest BCUT2D eigenvalue weighted by atomic mass is 13.6. The number of hydrogen-bond donors (Lipinski definition) is 0. The second kappa shape index (κ2) is 15.6. The Balaban J connectivity index is 0. The predicted octanol–water partition coefficient (Wildman–Crippen LogP) is 3.55. The summed E-state index contributed by atoms with van der Waals surface area (Å²) in [6.45, 7) is 8.16. The van der Waals surface area contributed by atoms with Crippen LogP contribution in [0.5, 0.6) is 0 Å². The van der Waals surface area contributed by atoms with E-state index in [2.05, 4.69) is 19.1 Å². The molecule has 0 saturated carbocycles. The summed E-state index contributed by atoms with van der Waals surface area (Å²) in [5, 5.41) is 0. The van der Waals surface area contributed by atoms with Crippen LogP contribution in [0.25, 0.3) is 0 Å². The van der Waals surface area contributed by atoms with Gasteiger partial charge in [0.1, 0.15) is 0 Å². The van der Waals surface area contributed by atoms with Crippen molar-refractivity contribution in [3.63, 3.8) is 0 Å². The van der Waals surface area contributed by atoms with Crippen molar-refractivity contribution in [3.05, 3.63) is 24.3 Å². The van der Waals surface area contributed by atoms with Crippen LogP contribution in [-0.2, 0) is 0 Å². The van der Waals surface area contributed by atoms with Crippen molar-refractivity contribution in [2.24, 2.45) is 0 Å². The lowest BCUT2D eigenvalue weighted by molar-refractivity contribution is 1.22. The van der Waals surface area contributed by atoms with Gasteiger partial charge in [-0.25, -0.2) is 0 Å². The molecule has 0 fully saturated rings. The van der Waals surface area contributed by atoms with Gasteiger partial charge in [-0.3, -0.25) is 0 Å². The lowest BCUT2D eigenvalue weighted by Crippen LogP contribution is -1.43. The summed E-state index contributed by atoms with van der Waals surface area (Å²) < 4.78 is 0. The summed E-state index contributed by atoms with van der Waals surface area (Å²) in [4.78, 5) is 0. The van der Waals surface area contributed by atoms with Crippen molar-refractivity contribution < 1.29 is 0 Å². The standard InChI is InChI=1S/C5H10.C4H8/c1-3-5-4-2;1-3-4-2/h3,5H,4H2,1-2H3;3-4H,1-2H3. The molecule has 0 N–H and O–H groups in total. The molecule has 0 aliphatic heterocycles. The normalized spacial score (nSPS) is 9.78. The lowest BCUT2D eigenvalue weighted by atomic mass is 10.4. The Kier molecular flexibility index (Phi) is 19.6. The van der Waals surface area contributed by atoms with Gasteiger partial charge in [-0.2, -0.15) is 0 Å². The average molecular weight is 126 g/mol. The molecule has 0 aromatic carbocycles. The van der Waals surface area contributed by atoms with Crippen molar-refractivity contribution in [1.29, 1.82) is 0 Å². The van der Waals surface area contributed by atoms with Gasteiger partial charge in [0.2, 0.25) is 0 Å². The first kappa shape index (κ1) is 11.3. The maximum atomic E-state index is 2.12. The molecule has 0 spiro atoms. The van der Waals surface area contributed by atoms with Crippen molar-refractivity contribution >= 4 is 0 Å². The maximum Gasteiger partial charge on any atom is -0.0379 e. The quantitative estimate of drug-likeness (QED) is 0.471. The van der Waals surface area contributed by atoms with Gasteiger partial charge >= 0.3 is 0 Å². The summed E-state index contributed by atoms with van der Waals surface area (Å²) in [7, 11) is 0. The SMILES string of the molecule is CC=CC.CC=CCC. The van der Waals surface area contributed by atoms with Gasteiger partial charge in [0.05, 0.1) is 0 Å². The van der Waals surface area contributed by atoms with Gasteiger partial charge in [-0.15, -0.1) is 0 Å². The Hall–Kier alpha value is -0.520. The lowest BCUT2D eigenvalue weighted by Gasteiger charge is -1.65. The third-order valence-corrected chi connectivity index (χ3v) is 0.805. The van der Waals surface area contributed by atoms with Crippen molar-refractivity contribution in [1.82, 2.24) is 0 Å². The van der Waals surface area contributed by atoms with E-state index < -0.39 is 0 Å². The minimum Gasteiger partial charge on any atom is -0.0919 e. The number of rotatable bonds is 1. The summed E-state index contributed by atoms with van der Waals surface area (Å²) >= 11 is 0. The third kappa shape index (κ3) is 36.5. The molecule has 0 unspecified atom stereocenters. The van der Waals surface area contributed by atoms with Crippen LogP contribution in [-0.4, -0.2) is 0 Å². The molecule has 0 radical (unpaired) electrons. The van der Waals surface area contributed by atoms with E-state index in [1.54, 1.807) is 0 Å². The van der Waals surface area contributed by atoms with E-state index in [1.165, 1.54) is 0 Å². The Morgan fingerprint density at radius 1 is 0.889 bits per heavy atom. The number of hydrogen-bond acceptors (Lipinski definition) is 0. The Morgan fingerprint density at radius 2 is 1.33 bits per heavy atom. The first-order valence-corrected chi connectivity index (χ1v) is 3.51. The fourth-order valence-electron chi connectivity index (χ4n) is 0.236. The van der Waals surface area contributed by atoms with Gasteiger partial charge < -0.3 is 0 Å². The van der Waals surface area contributed by atoms with E-state index in [4.69, 9.17) is 0 Å². The molecule has 9 heavy (non-hydrogen) atoms. The molecular weight excluding hydrogens is 108 g/mol. The Morgan fingerprint density at radius 3 is 1.33 bits per heavy atom. The molecule has 0 heterocycles. The second-order valence-corrected chi connectivity index (χ2v) is 1.64. The van der Waals surface area contributed by atoms with Crippen LogP contribution in [0, 0.1) is 0 Å². The topological polar surface area (TPSA) is 0 Å². The summed E-state index contributed by atoms with van der Waals surface area (Å²) in [5.74, 6) is 0. The van der Waals surface area contributed by atoms with Gasteiger partial charge in [-0.1, -0.05) is 31.2 Å². The molecule has 0 aliphatic carbocycles. The third-order valence-electron chi connectivity index (χ3n) is 0.805. The van der Waals surface area contributed by atoms with E-state index in [0.29, 0.717) is 0 Å². The van der Waals surface area contributed by atoms with Crippen LogP contribution < -0.4 is 0 Å². The minimum absolute atomic E-state index is 1.16. The van der Waals surface area contributed by atoms with Crippen LogP contribution in [0.1, 0.15) is 34.1 Å². The van der Waals surface area contributed by atoms with E-state index >= 15 is 0 Å². The van der Waals surface area contributed by atoms with Crippen molar-refractivity contribution in [3.8, 4) is 0 Å². The maximum absolute atomic E-state index is 2.12. The van der Waals surface area contributed by atoms with Gasteiger partial charge in [0, 0.05) is 0 Å². The average Bonchev–Trinajstić information content (AvgIpc) is 1.91. The summed E-state index contributed by atoms with van der Waals surface area (Å²) in [6, 6.07) is 0. The van der Waals surface area contributed by atoms with E-state index in [-0.39, 0.29) is 0 Å². The number of allylic oxidation sites excluding steroid dienone is 4. The smallest absolute Gasteiger partial charge is 0.0379 e. The zero-order chi connectivity index (χ0) is 7.54. The molecule has 0 amide bonds. The fourth-order valence-corrected chi connectivity index (χ4v) is 0.236. The van der Waals surface area contributed by atoms with Crippen LogP contribution in [0.2, 0.25) is 0 Å². The molecule has 0 heteroatoms. The fraction of sp³-hybridized carbons (Fsp3) is 0.556. The van der Waals surface area contributed by atoms with Crippen LogP contribution >= 0.6 is 0 Å². The molecule has 0 rings (SSSR count). The van der Waals surface area contributed by atoms with Crippen molar-refractivity contribution in [2.75, 3.05) is 0 Å². The summed E-state index contributed by atoms with van der Waals surface area (Å²) in [5.41, 5.74) is 0. The molecule has 0 bridgehead atoms. The molecule has 54 valence electrons. The van der Waals surface area contributed by atoms with Crippen LogP contribution in [0.15, 0.2) is 24.3 Å².